The number of hydrogen-bond donors (Lipinski definition) is 1. The predicted molar refractivity (Wildman–Crippen MR) is 88.1 cm³/mol. The van der Waals surface area contributed by atoms with Crippen LogP contribution in [0.3, 0.4) is 0 Å². The van der Waals surface area contributed by atoms with E-state index >= 15 is 0 Å². The molecule has 0 aliphatic heterocycles. The van der Waals surface area contributed by atoms with E-state index in [2.05, 4.69) is 36.4 Å². The van der Waals surface area contributed by atoms with Crippen molar-refractivity contribution in [2.75, 3.05) is 0 Å². The summed E-state index contributed by atoms with van der Waals surface area (Å²) in [7, 11) is 0. The summed E-state index contributed by atoms with van der Waals surface area (Å²) in [5, 5.41) is 8.90. The Balaban J connectivity index is 1.75. The van der Waals surface area contributed by atoms with Gasteiger partial charge in [-0.05, 0) is 40.8 Å². The molecule has 3 rings (SSSR count). The molecule has 22 heavy (non-hydrogen) atoms. The van der Waals surface area contributed by atoms with Crippen molar-refractivity contribution < 1.29 is 9.90 Å². The Labute approximate surface area is 129 Å². The number of benzene rings is 3. The van der Waals surface area contributed by atoms with Crippen molar-refractivity contribution in [3.8, 4) is 11.1 Å². The zero-order valence-electron chi connectivity index (χ0n) is 12.1. The molecule has 3 aromatic rings. The summed E-state index contributed by atoms with van der Waals surface area (Å²) < 4.78 is 0. The second kappa shape index (κ2) is 6.27. The maximum absolute atomic E-state index is 10.8. The van der Waals surface area contributed by atoms with Crippen LogP contribution in [-0.2, 0) is 6.42 Å². The molecule has 0 heterocycles. The van der Waals surface area contributed by atoms with Crippen LogP contribution in [0.2, 0.25) is 0 Å². The molecule has 0 aliphatic carbocycles. The lowest BCUT2D eigenvalue weighted by molar-refractivity contribution is 0.0697. The summed E-state index contributed by atoms with van der Waals surface area (Å²) in [5.74, 6) is -0.890. The zero-order valence-corrected chi connectivity index (χ0v) is 12.1. The molecule has 0 radical (unpaired) electrons. The number of aromatic carboxylic acids is 1. The third-order valence-corrected chi connectivity index (χ3v) is 3.67. The van der Waals surface area contributed by atoms with Gasteiger partial charge >= 0.3 is 5.97 Å². The number of carboxylic acid groups (broad SMARTS) is 1. The molecule has 108 valence electrons. The van der Waals surface area contributed by atoms with Crippen LogP contribution in [0.15, 0.2) is 78.9 Å². The lowest BCUT2D eigenvalue weighted by Crippen LogP contribution is -1.96. The first-order chi connectivity index (χ1) is 10.7. The van der Waals surface area contributed by atoms with Crippen molar-refractivity contribution in [3.05, 3.63) is 95.6 Å². The average Bonchev–Trinajstić information content (AvgIpc) is 2.57. The lowest BCUT2D eigenvalue weighted by atomic mass is 10.00. The Hall–Kier alpha value is -2.87. The van der Waals surface area contributed by atoms with Gasteiger partial charge in [0.1, 0.15) is 0 Å². The Morgan fingerprint density at radius 2 is 1.18 bits per heavy atom. The van der Waals surface area contributed by atoms with E-state index in [1.807, 2.05) is 30.3 Å². The highest BCUT2D eigenvalue weighted by Crippen LogP contribution is 2.20. The molecule has 0 unspecified atom stereocenters. The Morgan fingerprint density at radius 1 is 0.682 bits per heavy atom. The number of carboxylic acids is 1. The van der Waals surface area contributed by atoms with Gasteiger partial charge in [-0.2, -0.15) is 0 Å². The number of hydrogen-bond acceptors (Lipinski definition) is 1. The molecule has 0 amide bonds. The van der Waals surface area contributed by atoms with Crippen molar-refractivity contribution in [3.63, 3.8) is 0 Å². The first-order valence-electron chi connectivity index (χ1n) is 7.19. The smallest absolute Gasteiger partial charge is 0.335 e. The Kier molecular flexibility index (Phi) is 4.01. The number of rotatable bonds is 4. The molecule has 0 saturated carbocycles. The highest BCUT2D eigenvalue weighted by molar-refractivity contribution is 5.87. The summed E-state index contributed by atoms with van der Waals surface area (Å²) in [4.78, 5) is 10.8. The molecule has 2 heteroatoms. The highest BCUT2D eigenvalue weighted by Gasteiger charge is 2.03. The van der Waals surface area contributed by atoms with Gasteiger partial charge in [-0.3, -0.25) is 0 Å². The summed E-state index contributed by atoms with van der Waals surface area (Å²) in [6, 6.07) is 25.8. The van der Waals surface area contributed by atoms with E-state index in [-0.39, 0.29) is 0 Å². The van der Waals surface area contributed by atoms with Crippen LogP contribution >= 0.6 is 0 Å². The van der Waals surface area contributed by atoms with Gasteiger partial charge in [-0.25, -0.2) is 4.79 Å². The predicted octanol–water partition coefficient (Wildman–Crippen LogP) is 4.64. The molecule has 1 N–H and O–H groups in total. The first kappa shape index (κ1) is 14.1. The van der Waals surface area contributed by atoms with Crippen LogP contribution in [0, 0.1) is 0 Å². The topological polar surface area (TPSA) is 37.3 Å². The Bertz CT molecular complexity index is 757. The quantitative estimate of drug-likeness (QED) is 0.759. The van der Waals surface area contributed by atoms with Crippen LogP contribution in [0.1, 0.15) is 21.5 Å². The molecule has 0 saturated heterocycles. The van der Waals surface area contributed by atoms with Gasteiger partial charge in [-0.1, -0.05) is 66.7 Å². The van der Waals surface area contributed by atoms with Crippen LogP contribution in [-0.4, -0.2) is 11.1 Å². The summed E-state index contributed by atoms with van der Waals surface area (Å²) in [6.07, 6.45) is 0.801. The van der Waals surface area contributed by atoms with E-state index in [0.29, 0.717) is 5.56 Å². The van der Waals surface area contributed by atoms with Gasteiger partial charge in [-0.15, -0.1) is 0 Å². The van der Waals surface area contributed by atoms with Gasteiger partial charge in [0.15, 0.2) is 0 Å². The maximum Gasteiger partial charge on any atom is 0.335 e. The van der Waals surface area contributed by atoms with Crippen LogP contribution in [0.25, 0.3) is 11.1 Å². The monoisotopic (exact) mass is 288 g/mol. The molecular weight excluding hydrogens is 272 g/mol. The van der Waals surface area contributed by atoms with E-state index in [0.717, 1.165) is 12.0 Å². The molecule has 3 aromatic carbocycles. The van der Waals surface area contributed by atoms with E-state index in [4.69, 9.17) is 5.11 Å². The van der Waals surface area contributed by atoms with Gasteiger partial charge in [0.05, 0.1) is 5.56 Å². The minimum Gasteiger partial charge on any atom is -0.478 e. The normalized spacial score (nSPS) is 10.4. The highest BCUT2D eigenvalue weighted by atomic mass is 16.4. The van der Waals surface area contributed by atoms with Crippen molar-refractivity contribution in [2.24, 2.45) is 0 Å². The largest absolute Gasteiger partial charge is 0.478 e. The fourth-order valence-electron chi connectivity index (χ4n) is 2.45. The minimum atomic E-state index is -0.890. The number of carbonyl (C=O) groups is 1. The van der Waals surface area contributed by atoms with E-state index in [1.54, 1.807) is 12.1 Å². The Morgan fingerprint density at radius 3 is 1.73 bits per heavy atom. The zero-order chi connectivity index (χ0) is 15.4. The molecule has 0 bridgehead atoms. The summed E-state index contributed by atoms with van der Waals surface area (Å²) >= 11 is 0. The average molecular weight is 288 g/mol. The fourth-order valence-corrected chi connectivity index (χ4v) is 2.45. The van der Waals surface area contributed by atoms with Gasteiger partial charge in [0, 0.05) is 0 Å². The van der Waals surface area contributed by atoms with Gasteiger partial charge < -0.3 is 5.11 Å². The lowest BCUT2D eigenvalue weighted by Gasteiger charge is -2.05. The molecule has 2 nitrogen and oxygen atoms in total. The van der Waals surface area contributed by atoms with E-state index < -0.39 is 5.97 Å². The van der Waals surface area contributed by atoms with E-state index in [9.17, 15) is 4.79 Å². The molecule has 0 atom stereocenters. The molecule has 0 aromatic heterocycles. The second-order valence-electron chi connectivity index (χ2n) is 5.24. The van der Waals surface area contributed by atoms with Crippen molar-refractivity contribution >= 4 is 5.97 Å². The molecule has 0 fully saturated rings. The van der Waals surface area contributed by atoms with E-state index in [1.165, 1.54) is 16.7 Å². The first-order valence-corrected chi connectivity index (χ1v) is 7.19. The van der Waals surface area contributed by atoms with Crippen LogP contribution < -0.4 is 0 Å². The molecule has 0 aliphatic rings. The molecule has 0 spiro atoms. The van der Waals surface area contributed by atoms with Crippen molar-refractivity contribution in [2.45, 2.75) is 6.42 Å². The van der Waals surface area contributed by atoms with Crippen LogP contribution in [0.5, 0.6) is 0 Å². The third kappa shape index (κ3) is 3.23. The third-order valence-electron chi connectivity index (χ3n) is 3.67. The van der Waals surface area contributed by atoms with Gasteiger partial charge in [0.25, 0.3) is 0 Å². The fraction of sp³-hybridized carbons (Fsp3) is 0.0500. The summed E-state index contributed by atoms with van der Waals surface area (Å²) in [6.45, 7) is 0. The van der Waals surface area contributed by atoms with Gasteiger partial charge in [0.2, 0.25) is 0 Å². The van der Waals surface area contributed by atoms with Crippen molar-refractivity contribution in [1.82, 2.24) is 0 Å². The second-order valence-corrected chi connectivity index (χ2v) is 5.24. The minimum absolute atomic E-state index is 0.322. The van der Waals surface area contributed by atoms with Crippen LogP contribution in [0.4, 0.5) is 0 Å². The standard InChI is InChI=1S/C20H16O2/c21-20(22)19-12-8-16(9-13-19)14-15-6-10-18(11-7-15)17-4-2-1-3-5-17/h1-13H,14H2,(H,21,22). The van der Waals surface area contributed by atoms with Crippen molar-refractivity contribution in [1.29, 1.82) is 0 Å². The SMILES string of the molecule is O=C(O)c1ccc(Cc2ccc(-c3ccccc3)cc2)cc1. The summed E-state index contributed by atoms with van der Waals surface area (Å²) in [5.41, 5.74) is 5.05. The molecular formula is C20H16O2. The maximum atomic E-state index is 10.8.